The van der Waals surface area contributed by atoms with Crippen LogP contribution in [-0.2, 0) is 0 Å². The highest BCUT2D eigenvalue weighted by Crippen LogP contribution is 2.33. The summed E-state index contributed by atoms with van der Waals surface area (Å²) in [5.74, 6) is 1.95. The fourth-order valence-corrected chi connectivity index (χ4v) is 3.20. The van der Waals surface area contributed by atoms with Gasteiger partial charge in [-0.25, -0.2) is 0 Å². The summed E-state index contributed by atoms with van der Waals surface area (Å²) < 4.78 is 0. The third-order valence-corrected chi connectivity index (χ3v) is 4.58. The van der Waals surface area contributed by atoms with Crippen molar-refractivity contribution in [2.45, 2.75) is 52.0 Å². The van der Waals surface area contributed by atoms with Crippen molar-refractivity contribution >= 4 is 0 Å². The minimum atomic E-state index is 0.340. The van der Waals surface area contributed by atoms with E-state index in [2.05, 4.69) is 44.0 Å². The van der Waals surface area contributed by atoms with Crippen molar-refractivity contribution in [3.8, 4) is 0 Å². The van der Waals surface area contributed by atoms with Crippen molar-refractivity contribution in [3.05, 3.63) is 36.2 Å². The number of hydrogen-bond donors (Lipinski definition) is 2. The summed E-state index contributed by atoms with van der Waals surface area (Å²) in [4.78, 5) is 0. The second kappa shape index (κ2) is 6.42. The van der Waals surface area contributed by atoms with Crippen LogP contribution in [0.4, 0.5) is 0 Å². The molecule has 2 unspecified atom stereocenters. The van der Waals surface area contributed by atoms with Crippen LogP contribution in [0.1, 0.15) is 46.0 Å². The van der Waals surface area contributed by atoms with Gasteiger partial charge in [-0.2, -0.15) is 0 Å². The van der Waals surface area contributed by atoms with E-state index in [1.54, 1.807) is 0 Å². The van der Waals surface area contributed by atoms with E-state index in [1.165, 1.54) is 37.1 Å². The topological polar surface area (TPSA) is 38.0 Å². The van der Waals surface area contributed by atoms with E-state index in [0.717, 1.165) is 6.42 Å². The van der Waals surface area contributed by atoms with E-state index in [9.17, 15) is 0 Å². The normalized spacial score (nSPS) is 32.6. The second-order valence-corrected chi connectivity index (χ2v) is 6.36. The first kappa shape index (κ1) is 14.4. The molecule has 1 fully saturated rings. The summed E-state index contributed by atoms with van der Waals surface area (Å²) in [7, 11) is 0. The summed E-state index contributed by atoms with van der Waals surface area (Å²) >= 11 is 0. The van der Waals surface area contributed by atoms with E-state index >= 15 is 0 Å². The molecule has 2 aliphatic rings. The first-order chi connectivity index (χ1) is 9.06. The van der Waals surface area contributed by atoms with Crippen LogP contribution >= 0.6 is 0 Å². The lowest BCUT2D eigenvalue weighted by molar-refractivity contribution is 0.267. The lowest BCUT2D eigenvalue weighted by atomic mass is 9.78. The minimum absolute atomic E-state index is 0.340. The molecule has 3 N–H and O–H groups in total. The molecule has 2 heteroatoms. The molecular weight excluding hydrogens is 232 g/mol. The zero-order chi connectivity index (χ0) is 13.8. The molecule has 0 aromatic carbocycles. The van der Waals surface area contributed by atoms with Gasteiger partial charge < -0.3 is 11.1 Å². The summed E-state index contributed by atoms with van der Waals surface area (Å²) in [6, 6.07) is 0.340. The van der Waals surface area contributed by atoms with Gasteiger partial charge >= 0.3 is 0 Å². The van der Waals surface area contributed by atoms with Gasteiger partial charge in [0.05, 0.1) is 0 Å². The average molecular weight is 260 g/mol. The number of nitrogens with one attached hydrogen (secondary N) is 1. The van der Waals surface area contributed by atoms with Crippen LogP contribution in [0.25, 0.3) is 0 Å². The average Bonchev–Trinajstić information content (AvgIpc) is 2.39. The Morgan fingerprint density at radius 1 is 1.37 bits per heavy atom. The van der Waals surface area contributed by atoms with Crippen molar-refractivity contribution in [3.63, 3.8) is 0 Å². The molecular formula is C17H28N2. The van der Waals surface area contributed by atoms with Crippen molar-refractivity contribution in [1.29, 1.82) is 0 Å². The first-order valence-corrected chi connectivity index (χ1v) is 7.66. The molecule has 0 bridgehead atoms. The predicted octanol–water partition coefficient (Wildman–Crippen LogP) is 3.72. The van der Waals surface area contributed by atoms with Crippen molar-refractivity contribution < 1.29 is 0 Å². The number of hydrogen-bond acceptors (Lipinski definition) is 2. The van der Waals surface area contributed by atoms with Gasteiger partial charge in [-0.3, -0.25) is 0 Å². The Bertz CT molecular complexity index is 371. The molecule has 1 saturated carbocycles. The molecule has 2 aliphatic carbocycles. The highest BCUT2D eigenvalue weighted by atomic mass is 14.9. The highest BCUT2D eigenvalue weighted by molar-refractivity contribution is 5.26. The van der Waals surface area contributed by atoms with Crippen LogP contribution < -0.4 is 11.1 Å². The molecule has 0 aromatic heterocycles. The smallest absolute Gasteiger partial charge is 0.0340 e. The molecule has 0 heterocycles. The molecule has 2 rings (SSSR count). The van der Waals surface area contributed by atoms with E-state index < -0.39 is 0 Å². The SMILES string of the molecule is C=C(NC1=CC(C)CC=C1)C1CCC(C(C)N)CC1. The van der Waals surface area contributed by atoms with E-state index in [1.807, 2.05) is 0 Å². The monoisotopic (exact) mass is 260 g/mol. The maximum absolute atomic E-state index is 6.00. The highest BCUT2D eigenvalue weighted by Gasteiger charge is 2.25. The van der Waals surface area contributed by atoms with Gasteiger partial charge in [0, 0.05) is 17.4 Å². The van der Waals surface area contributed by atoms with Gasteiger partial charge in [-0.15, -0.1) is 0 Å². The lowest BCUT2D eigenvalue weighted by Gasteiger charge is -2.32. The number of allylic oxidation sites excluding steroid dienone is 4. The van der Waals surface area contributed by atoms with Gasteiger partial charge in [-0.1, -0.05) is 25.7 Å². The maximum Gasteiger partial charge on any atom is 0.0340 e. The molecule has 106 valence electrons. The fraction of sp³-hybridized carbons (Fsp3) is 0.647. The lowest BCUT2D eigenvalue weighted by Crippen LogP contribution is -2.32. The maximum atomic E-state index is 6.00. The molecule has 2 nitrogen and oxygen atoms in total. The standard InChI is InChI=1S/C17H28N2/c1-12-5-4-6-17(11-12)19-14(3)16-9-7-15(8-10-16)13(2)18/h4,6,11-13,15-16,19H,3,5,7-10,18H2,1-2H3. The Morgan fingerprint density at radius 2 is 2.05 bits per heavy atom. The Labute approximate surface area is 117 Å². The third-order valence-electron chi connectivity index (χ3n) is 4.58. The van der Waals surface area contributed by atoms with Crippen LogP contribution in [0.3, 0.4) is 0 Å². The fourth-order valence-electron chi connectivity index (χ4n) is 3.20. The summed E-state index contributed by atoms with van der Waals surface area (Å²) in [5, 5.41) is 3.51. The van der Waals surface area contributed by atoms with Crippen molar-refractivity contribution in [1.82, 2.24) is 5.32 Å². The van der Waals surface area contributed by atoms with Gasteiger partial charge in [0.25, 0.3) is 0 Å². The van der Waals surface area contributed by atoms with Crippen LogP contribution in [0.5, 0.6) is 0 Å². The summed E-state index contributed by atoms with van der Waals surface area (Å²) in [5.41, 5.74) is 8.41. The molecule has 0 aromatic rings. The Balaban J connectivity index is 1.83. The zero-order valence-corrected chi connectivity index (χ0v) is 12.4. The van der Waals surface area contributed by atoms with Crippen LogP contribution in [0, 0.1) is 17.8 Å². The Morgan fingerprint density at radius 3 is 2.63 bits per heavy atom. The van der Waals surface area contributed by atoms with Crippen LogP contribution in [0.15, 0.2) is 36.2 Å². The quantitative estimate of drug-likeness (QED) is 0.808. The molecule has 0 aliphatic heterocycles. The van der Waals surface area contributed by atoms with E-state index in [0.29, 0.717) is 23.8 Å². The molecule has 0 radical (unpaired) electrons. The molecule has 0 spiro atoms. The third kappa shape index (κ3) is 3.97. The van der Waals surface area contributed by atoms with Gasteiger partial charge in [0.2, 0.25) is 0 Å². The predicted molar refractivity (Wildman–Crippen MR) is 82.4 cm³/mol. The van der Waals surface area contributed by atoms with Gasteiger partial charge in [0.15, 0.2) is 0 Å². The molecule has 0 saturated heterocycles. The summed E-state index contributed by atoms with van der Waals surface area (Å²) in [6.07, 6.45) is 12.8. The van der Waals surface area contributed by atoms with E-state index in [4.69, 9.17) is 5.73 Å². The Kier molecular flexibility index (Phi) is 4.87. The largest absolute Gasteiger partial charge is 0.359 e. The zero-order valence-electron chi connectivity index (χ0n) is 12.4. The molecule has 19 heavy (non-hydrogen) atoms. The molecule has 2 atom stereocenters. The summed E-state index contributed by atoms with van der Waals surface area (Å²) in [6.45, 7) is 8.64. The number of rotatable bonds is 4. The first-order valence-electron chi connectivity index (χ1n) is 7.66. The van der Waals surface area contributed by atoms with E-state index in [-0.39, 0.29) is 0 Å². The molecule has 0 amide bonds. The van der Waals surface area contributed by atoms with Crippen LogP contribution in [0.2, 0.25) is 0 Å². The van der Waals surface area contributed by atoms with Crippen LogP contribution in [-0.4, -0.2) is 6.04 Å². The van der Waals surface area contributed by atoms with Crippen molar-refractivity contribution in [2.75, 3.05) is 0 Å². The number of nitrogens with two attached hydrogens (primary N) is 1. The van der Waals surface area contributed by atoms with Gasteiger partial charge in [0.1, 0.15) is 0 Å². The second-order valence-electron chi connectivity index (χ2n) is 6.36. The minimum Gasteiger partial charge on any atom is -0.359 e. The van der Waals surface area contributed by atoms with Crippen molar-refractivity contribution in [2.24, 2.45) is 23.5 Å². The van der Waals surface area contributed by atoms with Gasteiger partial charge in [-0.05, 0) is 62.9 Å². The Hall–Kier alpha value is -1.02.